The average Bonchev–Trinajstić information content (AvgIpc) is 3.26. The van der Waals surface area contributed by atoms with Crippen LogP contribution < -0.4 is 11.2 Å². The smallest absolute Gasteiger partial charge is 0.330 e. The van der Waals surface area contributed by atoms with E-state index >= 15 is 0 Å². The highest BCUT2D eigenvalue weighted by molar-refractivity contribution is 5.68. The summed E-state index contributed by atoms with van der Waals surface area (Å²) in [7, 11) is 1.45. The summed E-state index contributed by atoms with van der Waals surface area (Å²) in [5, 5.41) is 20.0. The number of aliphatic hydroxyl groups is 2. The monoisotopic (exact) mass is 568 g/mol. The molecule has 1 unspecified atom stereocenters. The minimum absolute atomic E-state index is 0.0987. The van der Waals surface area contributed by atoms with E-state index in [1.54, 1.807) is 0 Å². The molecule has 0 saturated carbocycles. The number of nitrogens with one attached hydrogen (secondary N) is 1. The van der Waals surface area contributed by atoms with Crippen LogP contribution in [0.3, 0.4) is 0 Å². The Hall–Kier alpha value is -2.01. The molecule has 40 heavy (non-hydrogen) atoms. The Labute approximate surface area is 238 Å². The maximum atomic E-state index is 12.2. The van der Waals surface area contributed by atoms with Crippen LogP contribution in [0.5, 0.6) is 0 Å². The summed E-state index contributed by atoms with van der Waals surface area (Å²) in [6, 6.07) is 1.21. The highest BCUT2D eigenvalue weighted by atomic mass is 16.6. The number of H-pyrrole nitrogens is 1. The first-order valence-corrected chi connectivity index (χ1v) is 15.4. The van der Waals surface area contributed by atoms with Gasteiger partial charge in [0.2, 0.25) is 0 Å². The molecular weight excluding hydrogens is 516 g/mol. The Morgan fingerprint density at radius 1 is 0.875 bits per heavy atom. The van der Waals surface area contributed by atoms with E-state index in [0.29, 0.717) is 13.0 Å². The molecule has 2 heterocycles. The molecule has 1 aliphatic heterocycles. The van der Waals surface area contributed by atoms with Crippen molar-refractivity contribution in [3.8, 4) is 0 Å². The second-order valence-corrected chi connectivity index (χ2v) is 10.9. The number of hydrogen-bond acceptors (Lipinski definition) is 8. The highest BCUT2D eigenvalue weighted by Gasteiger charge is 2.45. The third-order valence-electron chi connectivity index (χ3n) is 7.68. The quantitative estimate of drug-likeness (QED) is 0.131. The van der Waals surface area contributed by atoms with Crippen molar-refractivity contribution in [3.63, 3.8) is 0 Å². The topological polar surface area (TPSA) is 140 Å². The molecule has 0 radical (unpaired) electrons. The summed E-state index contributed by atoms with van der Waals surface area (Å²) >= 11 is 0. The van der Waals surface area contributed by atoms with E-state index in [2.05, 4.69) is 9.72 Å². The zero-order valence-electron chi connectivity index (χ0n) is 24.4. The Bertz CT molecular complexity index is 917. The molecule has 1 aliphatic rings. The molecule has 1 saturated heterocycles. The lowest BCUT2D eigenvalue weighted by atomic mass is 10.0. The third kappa shape index (κ3) is 13.1. The van der Waals surface area contributed by atoms with Gasteiger partial charge in [-0.2, -0.15) is 0 Å². The van der Waals surface area contributed by atoms with Gasteiger partial charge >= 0.3 is 11.7 Å². The lowest BCUT2D eigenvalue weighted by molar-refractivity contribution is -0.140. The predicted octanol–water partition coefficient (Wildman–Crippen LogP) is 4.37. The maximum Gasteiger partial charge on any atom is 0.330 e. The van der Waals surface area contributed by atoms with Gasteiger partial charge in [0.15, 0.2) is 6.23 Å². The summed E-state index contributed by atoms with van der Waals surface area (Å²) in [6.45, 7) is 0.0325. The SMILES string of the molecule is COC(=O)CCCCCCCCCCCCCCCCCCCOC1[C@@H](O)[C@@H](CO)O[C@H]1n1ccc(=O)[nH]c1=O. The van der Waals surface area contributed by atoms with Crippen LogP contribution in [0.25, 0.3) is 0 Å². The normalized spacial score (nSPS) is 20.7. The van der Waals surface area contributed by atoms with Crippen LogP contribution in [0.15, 0.2) is 21.9 Å². The number of aromatic nitrogens is 2. The Morgan fingerprint density at radius 3 is 1.85 bits per heavy atom. The molecule has 0 aliphatic carbocycles. The summed E-state index contributed by atoms with van der Waals surface area (Å²) in [4.78, 5) is 36.8. The number of hydrogen-bond donors (Lipinski definition) is 3. The molecule has 0 amide bonds. The van der Waals surface area contributed by atoms with Crippen LogP contribution in [-0.4, -0.2) is 64.4 Å². The van der Waals surface area contributed by atoms with E-state index in [-0.39, 0.29) is 5.97 Å². The van der Waals surface area contributed by atoms with Crippen LogP contribution in [-0.2, 0) is 19.0 Å². The van der Waals surface area contributed by atoms with Crippen LogP contribution in [0, 0.1) is 0 Å². The first kappa shape index (κ1) is 34.2. The number of aromatic amines is 1. The maximum absolute atomic E-state index is 12.2. The minimum atomic E-state index is -1.07. The van der Waals surface area contributed by atoms with Crippen molar-refractivity contribution in [1.29, 1.82) is 0 Å². The third-order valence-corrected chi connectivity index (χ3v) is 7.68. The fraction of sp³-hybridized carbons (Fsp3) is 0.833. The molecule has 4 atom stereocenters. The number of methoxy groups -OCH3 is 1. The van der Waals surface area contributed by atoms with E-state index in [1.165, 1.54) is 101 Å². The zero-order valence-corrected chi connectivity index (χ0v) is 24.4. The second-order valence-electron chi connectivity index (χ2n) is 10.9. The van der Waals surface area contributed by atoms with Crippen molar-refractivity contribution in [2.24, 2.45) is 0 Å². The number of rotatable bonds is 23. The molecule has 1 aromatic rings. The van der Waals surface area contributed by atoms with Crippen LogP contribution in [0.1, 0.15) is 122 Å². The molecule has 3 N–H and O–H groups in total. The van der Waals surface area contributed by atoms with Gasteiger partial charge < -0.3 is 24.4 Å². The van der Waals surface area contributed by atoms with Gasteiger partial charge in [0.1, 0.15) is 18.3 Å². The van der Waals surface area contributed by atoms with Crippen molar-refractivity contribution in [2.45, 2.75) is 140 Å². The van der Waals surface area contributed by atoms with Crippen molar-refractivity contribution in [1.82, 2.24) is 9.55 Å². The van der Waals surface area contributed by atoms with Gasteiger partial charge in [0, 0.05) is 25.3 Å². The summed E-state index contributed by atoms with van der Waals surface area (Å²) in [5.41, 5.74) is -1.16. The first-order valence-electron chi connectivity index (χ1n) is 15.4. The molecule has 10 heteroatoms. The molecule has 2 rings (SSSR count). The summed E-state index contributed by atoms with van der Waals surface area (Å²) < 4.78 is 17.4. The Kier molecular flexibility index (Phi) is 17.8. The van der Waals surface area contributed by atoms with Gasteiger partial charge in [-0.05, 0) is 12.8 Å². The van der Waals surface area contributed by atoms with E-state index in [1.807, 2.05) is 0 Å². The molecule has 1 fully saturated rings. The van der Waals surface area contributed by atoms with Gasteiger partial charge in [-0.25, -0.2) is 4.79 Å². The minimum Gasteiger partial charge on any atom is -0.469 e. The van der Waals surface area contributed by atoms with Gasteiger partial charge in [-0.3, -0.25) is 19.1 Å². The van der Waals surface area contributed by atoms with Crippen LogP contribution in [0.2, 0.25) is 0 Å². The molecule has 0 bridgehead atoms. The number of carbonyl (C=O) groups excluding carboxylic acids is 1. The van der Waals surface area contributed by atoms with Gasteiger partial charge in [0.25, 0.3) is 5.56 Å². The number of nitrogens with zero attached hydrogens (tertiary/aromatic N) is 1. The first-order chi connectivity index (χ1) is 19.5. The lowest BCUT2D eigenvalue weighted by Crippen LogP contribution is -2.39. The van der Waals surface area contributed by atoms with Crippen molar-refractivity contribution >= 4 is 5.97 Å². The standard InChI is InChI=1S/C30H52N2O8/c1-38-26(35)19-17-15-13-11-9-7-5-3-2-4-6-8-10-12-14-16-18-22-39-28-27(36)24(23-33)40-29(28)32-21-20-25(34)31-30(32)37/h20-21,24,27-29,33,36H,2-19,22-23H2,1H3,(H,31,34,37)/t24-,27+,28?,29-/m1/s1. The average molecular weight is 569 g/mol. The van der Waals surface area contributed by atoms with Crippen molar-refractivity contribution in [3.05, 3.63) is 33.1 Å². The lowest BCUT2D eigenvalue weighted by Gasteiger charge is -2.22. The highest BCUT2D eigenvalue weighted by Crippen LogP contribution is 2.30. The van der Waals surface area contributed by atoms with E-state index in [4.69, 9.17) is 9.47 Å². The van der Waals surface area contributed by atoms with Gasteiger partial charge in [-0.1, -0.05) is 96.3 Å². The fourth-order valence-electron chi connectivity index (χ4n) is 5.25. The van der Waals surface area contributed by atoms with Crippen LogP contribution in [0.4, 0.5) is 0 Å². The van der Waals surface area contributed by atoms with Gasteiger partial charge in [0.05, 0.1) is 13.7 Å². The van der Waals surface area contributed by atoms with Gasteiger partial charge in [-0.15, -0.1) is 0 Å². The summed E-state index contributed by atoms with van der Waals surface area (Å²) in [5.74, 6) is -0.0987. The Balaban J connectivity index is 1.42. The number of ether oxygens (including phenoxy) is 3. The molecule has 10 nitrogen and oxygen atoms in total. The van der Waals surface area contributed by atoms with Crippen LogP contribution >= 0.6 is 0 Å². The molecule has 1 aromatic heterocycles. The molecule has 0 aromatic carbocycles. The number of carbonyl (C=O) groups is 1. The number of unbranched alkanes of at least 4 members (excludes halogenated alkanes) is 16. The molecular formula is C30H52N2O8. The number of aliphatic hydroxyl groups excluding tert-OH is 2. The van der Waals surface area contributed by atoms with E-state index in [9.17, 15) is 24.6 Å². The Morgan fingerprint density at radius 2 is 1.38 bits per heavy atom. The molecule has 0 spiro atoms. The summed E-state index contributed by atoms with van der Waals surface area (Å²) in [6.07, 6.45) is 18.8. The van der Waals surface area contributed by atoms with Crippen molar-refractivity contribution in [2.75, 3.05) is 20.3 Å². The fourth-order valence-corrected chi connectivity index (χ4v) is 5.25. The molecule has 230 valence electrons. The second kappa shape index (κ2) is 20.8. The van der Waals surface area contributed by atoms with E-state index in [0.717, 1.165) is 32.1 Å². The van der Waals surface area contributed by atoms with Crippen molar-refractivity contribution < 1.29 is 29.2 Å². The van der Waals surface area contributed by atoms with E-state index < -0.39 is 42.4 Å². The largest absolute Gasteiger partial charge is 0.469 e. The predicted molar refractivity (Wildman–Crippen MR) is 153 cm³/mol. The zero-order chi connectivity index (χ0) is 29.0. The number of esters is 1.